The second-order valence-corrected chi connectivity index (χ2v) is 6.17. The van der Waals surface area contributed by atoms with Crippen molar-refractivity contribution in [3.8, 4) is 5.75 Å². The van der Waals surface area contributed by atoms with E-state index >= 15 is 0 Å². The SMILES string of the molecule is CCCOc1cc(NC(=O)C/C(=C/C(C)C)C(=O)OC)c(F)cc1Cl. The minimum Gasteiger partial charge on any atom is -0.492 e. The predicted molar refractivity (Wildman–Crippen MR) is 95.4 cm³/mol. The molecule has 138 valence electrons. The number of allylic oxidation sites excluding steroid dienone is 1. The van der Waals surface area contributed by atoms with Gasteiger partial charge >= 0.3 is 5.97 Å². The maximum atomic E-state index is 14.0. The predicted octanol–water partition coefficient (Wildman–Crippen LogP) is 4.35. The van der Waals surface area contributed by atoms with Crippen LogP contribution >= 0.6 is 11.6 Å². The zero-order valence-electron chi connectivity index (χ0n) is 14.8. The number of hydrogen-bond donors (Lipinski definition) is 1. The van der Waals surface area contributed by atoms with Crippen molar-refractivity contribution in [2.24, 2.45) is 5.92 Å². The highest BCUT2D eigenvalue weighted by Gasteiger charge is 2.17. The number of benzene rings is 1. The van der Waals surface area contributed by atoms with Crippen LogP contribution in [0.25, 0.3) is 0 Å². The van der Waals surface area contributed by atoms with Gasteiger partial charge in [0, 0.05) is 11.6 Å². The average Bonchev–Trinajstić information content (AvgIpc) is 2.54. The van der Waals surface area contributed by atoms with Crippen molar-refractivity contribution in [2.75, 3.05) is 19.0 Å². The quantitative estimate of drug-likeness (QED) is 0.545. The molecule has 7 heteroatoms. The average molecular weight is 372 g/mol. The molecule has 0 heterocycles. The number of carbonyl (C=O) groups excluding carboxylic acids is 2. The number of hydrogen-bond acceptors (Lipinski definition) is 4. The first kappa shape index (κ1) is 21.0. The van der Waals surface area contributed by atoms with Crippen molar-refractivity contribution in [3.05, 3.63) is 34.6 Å². The summed E-state index contributed by atoms with van der Waals surface area (Å²) in [5.41, 5.74) is 0.154. The van der Waals surface area contributed by atoms with E-state index in [2.05, 4.69) is 10.1 Å². The Balaban J connectivity index is 2.93. The fourth-order valence-corrected chi connectivity index (χ4v) is 2.25. The summed E-state index contributed by atoms with van der Waals surface area (Å²) in [4.78, 5) is 23.9. The minimum absolute atomic E-state index is 0.0585. The van der Waals surface area contributed by atoms with Gasteiger partial charge in [-0.3, -0.25) is 4.79 Å². The first-order valence-electron chi connectivity index (χ1n) is 7.99. The van der Waals surface area contributed by atoms with E-state index in [0.717, 1.165) is 12.5 Å². The summed E-state index contributed by atoms with van der Waals surface area (Å²) in [5, 5.41) is 2.56. The first-order chi connectivity index (χ1) is 11.8. The molecule has 0 atom stereocenters. The third kappa shape index (κ3) is 6.74. The topological polar surface area (TPSA) is 64.6 Å². The number of halogens is 2. The van der Waals surface area contributed by atoms with Crippen molar-refractivity contribution in [2.45, 2.75) is 33.6 Å². The van der Waals surface area contributed by atoms with Crippen LogP contribution in [0.2, 0.25) is 5.02 Å². The highest BCUT2D eigenvalue weighted by Crippen LogP contribution is 2.31. The van der Waals surface area contributed by atoms with Crippen molar-refractivity contribution < 1.29 is 23.5 Å². The Morgan fingerprint density at radius 1 is 1.36 bits per heavy atom. The lowest BCUT2D eigenvalue weighted by atomic mass is 10.1. The van der Waals surface area contributed by atoms with Gasteiger partial charge in [0.15, 0.2) is 0 Å². The molecule has 0 fully saturated rings. The number of anilines is 1. The molecule has 1 rings (SSSR count). The summed E-state index contributed by atoms with van der Waals surface area (Å²) in [7, 11) is 1.24. The molecule has 1 aromatic rings. The molecule has 1 N–H and O–H groups in total. The maximum absolute atomic E-state index is 14.0. The van der Waals surface area contributed by atoms with Crippen LogP contribution in [0.4, 0.5) is 10.1 Å². The summed E-state index contributed by atoms with van der Waals surface area (Å²) >= 11 is 5.93. The van der Waals surface area contributed by atoms with Crippen LogP contribution in [0.15, 0.2) is 23.8 Å². The highest BCUT2D eigenvalue weighted by molar-refractivity contribution is 6.32. The molecule has 1 amide bonds. The van der Waals surface area contributed by atoms with E-state index in [9.17, 15) is 14.0 Å². The van der Waals surface area contributed by atoms with E-state index in [1.807, 2.05) is 20.8 Å². The van der Waals surface area contributed by atoms with Gasteiger partial charge in [0.05, 0.1) is 30.8 Å². The largest absolute Gasteiger partial charge is 0.492 e. The standard InChI is InChI=1S/C18H23ClFNO4/c1-5-6-25-16-10-15(14(20)9-13(16)19)21-17(22)8-12(7-11(2)3)18(23)24-4/h7,9-11H,5-6,8H2,1-4H3,(H,21,22)/b12-7-. The highest BCUT2D eigenvalue weighted by atomic mass is 35.5. The van der Waals surface area contributed by atoms with Gasteiger partial charge < -0.3 is 14.8 Å². The normalized spacial score (nSPS) is 11.4. The minimum atomic E-state index is -0.686. The lowest BCUT2D eigenvalue weighted by Crippen LogP contribution is -2.17. The Hall–Kier alpha value is -2.08. The fraction of sp³-hybridized carbons (Fsp3) is 0.444. The molecule has 0 spiro atoms. The second kappa shape index (κ2) is 10.0. The van der Waals surface area contributed by atoms with Gasteiger partial charge in [-0.05, 0) is 18.4 Å². The maximum Gasteiger partial charge on any atom is 0.333 e. The Labute approximate surface area is 152 Å². The number of nitrogens with one attached hydrogen (secondary N) is 1. The molecule has 0 bridgehead atoms. The van der Waals surface area contributed by atoms with Crippen LogP contribution in [-0.4, -0.2) is 25.6 Å². The van der Waals surface area contributed by atoms with Gasteiger partial charge in [-0.15, -0.1) is 0 Å². The van der Waals surface area contributed by atoms with Crippen molar-refractivity contribution >= 4 is 29.2 Å². The smallest absolute Gasteiger partial charge is 0.333 e. The molecule has 0 aliphatic heterocycles. The Morgan fingerprint density at radius 3 is 2.60 bits per heavy atom. The lowest BCUT2D eigenvalue weighted by Gasteiger charge is -2.12. The fourth-order valence-electron chi connectivity index (χ4n) is 2.05. The number of methoxy groups -OCH3 is 1. The molecule has 0 aromatic heterocycles. The zero-order chi connectivity index (χ0) is 19.0. The number of ether oxygens (including phenoxy) is 2. The van der Waals surface area contributed by atoms with Crippen molar-refractivity contribution in [3.63, 3.8) is 0 Å². The second-order valence-electron chi connectivity index (χ2n) is 5.76. The molecule has 25 heavy (non-hydrogen) atoms. The number of rotatable bonds is 8. The Kier molecular flexibility index (Phi) is 8.41. The molecular weight excluding hydrogens is 349 g/mol. The molecule has 0 saturated heterocycles. The van der Waals surface area contributed by atoms with E-state index in [1.165, 1.54) is 13.2 Å². The monoisotopic (exact) mass is 371 g/mol. The van der Waals surface area contributed by atoms with Gasteiger partial charge in [0.1, 0.15) is 11.6 Å². The van der Waals surface area contributed by atoms with Crippen LogP contribution in [0.3, 0.4) is 0 Å². The van der Waals surface area contributed by atoms with E-state index in [4.69, 9.17) is 16.3 Å². The zero-order valence-corrected chi connectivity index (χ0v) is 15.6. The van der Waals surface area contributed by atoms with E-state index < -0.39 is 17.7 Å². The summed E-state index contributed by atoms with van der Waals surface area (Å²) < 4.78 is 24.1. The molecule has 0 radical (unpaired) electrons. The summed E-state index contributed by atoms with van der Waals surface area (Å²) in [5.74, 6) is -1.48. The number of amides is 1. The summed E-state index contributed by atoms with van der Waals surface area (Å²) in [6, 6.07) is 2.41. The van der Waals surface area contributed by atoms with E-state index in [1.54, 1.807) is 6.08 Å². The third-order valence-corrected chi connectivity index (χ3v) is 3.39. The van der Waals surface area contributed by atoms with Gasteiger partial charge in [0.25, 0.3) is 0 Å². The van der Waals surface area contributed by atoms with E-state index in [0.29, 0.717) is 6.61 Å². The number of esters is 1. The van der Waals surface area contributed by atoms with Gasteiger partial charge in [-0.25, -0.2) is 9.18 Å². The molecule has 1 aromatic carbocycles. The summed E-state index contributed by atoms with van der Waals surface area (Å²) in [6.45, 7) is 6.09. The van der Waals surface area contributed by atoms with Crippen LogP contribution in [0.1, 0.15) is 33.6 Å². The first-order valence-corrected chi connectivity index (χ1v) is 8.36. The Morgan fingerprint density at radius 2 is 2.04 bits per heavy atom. The molecular formula is C18H23ClFNO4. The van der Waals surface area contributed by atoms with Gasteiger partial charge in [0.2, 0.25) is 5.91 Å². The Bertz CT molecular complexity index is 659. The molecule has 0 aliphatic rings. The van der Waals surface area contributed by atoms with E-state index in [-0.39, 0.29) is 34.4 Å². The third-order valence-electron chi connectivity index (χ3n) is 3.09. The molecule has 0 aliphatic carbocycles. The summed E-state index contributed by atoms with van der Waals surface area (Å²) in [6.07, 6.45) is 2.18. The van der Waals surface area contributed by atoms with Crippen LogP contribution < -0.4 is 10.1 Å². The molecule has 0 unspecified atom stereocenters. The lowest BCUT2D eigenvalue weighted by molar-refractivity contribution is -0.137. The van der Waals surface area contributed by atoms with Crippen LogP contribution in [-0.2, 0) is 14.3 Å². The van der Waals surface area contributed by atoms with Crippen LogP contribution in [0.5, 0.6) is 5.75 Å². The number of carbonyl (C=O) groups is 2. The van der Waals surface area contributed by atoms with Crippen LogP contribution in [0, 0.1) is 11.7 Å². The van der Waals surface area contributed by atoms with Gasteiger partial charge in [-0.2, -0.15) is 0 Å². The molecule has 0 saturated carbocycles. The van der Waals surface area contributed by atoms with Gasteiger partial charge in [-0.1, -0.05) is 38.4 Å². The van der Waals surface area contributed by atoms with Crippen molar-refractivity contribution in [1.29, 1.82) is 0 Å². The molecule has 5 nitrogen and oxygen atoms in total. The van der Waals surface area contributed by atoms with Crippen molar-refractivity contribution in [1.82, 2.24) is 0 Å².